The van der Waals surface area contributed by atoms with E-state index in [-0.39, 0.29) is 11.9 Å². The summed E-state index contributed by atoms with van der Waals surface area (Å²) in [6.45, 7) is 7.51. The second kappa shape index (κ2) is 8.68. The van der Waals surface area contributed by atoms with Gasteiger partial charge in [0.05, 0.1) is 19.3 Å². The molecule has 152 valence electrons. The van der Waals surface area contributed by atoms with Crippen LogP contribution in [0.5, 0.6) is 0 Å². The fourth-order valence-corrected chi connectivity index (χ4v) is 3.75. The maximum atomic E-state index is 12.9. The van der Waals surface area contributed by atoms with Crippen LogP contribution in [0.1, 0.15) is 33.5 Å². The molecule has 1 amide bonds. The quantitative estimate of drug-likeness (QED) is 0.696. The Morgan fingerprint density at radius 2 is 1.86 bits per heavy atom. The summed E-state index contributed by atoms with van der Waals surface area (Å²) in [6.07, 6.45) is 3.97. The molecule has 29 heavy (non-hydrogen) atoms. The Kier molecular flexibility index (Phi) is 5.83. The number of rotatable bonds is 6. The van der Waals surface area contributed by atoms with Crippen LogP contribution in [0.2, 0.25) is 0 Å². The first kappa shape index (κ1) is 19.5. The number of carbonyl (C=O) groups excluding carboxylic acids is 1. The second-order valence-corrected chi connectivity index (χ2v) is 7.41. The van der Waals surface area contributed by atoms with Crippen molar-refractivity contribution in [3.8, 4) is 5.69 Å². The van der Waals surface area contributed by atoms with Gasteiger partial charge in [-0.1, -0.05) is 6.07 Å². The van der Waals surface area contributed by atoms with E-state index in [0.29, 0.717) is 25.3 Å². The molecule has 1 aliphatic heterocycles. The molecule has 3 heterocycles. The lowest BCUT2D eigenvalue weighted by Gasteiger charge is -2.33. The van der Waals surface area contributed by atoms with Crippen molar-refractivity contribution in [3.05, 3.63) is 77.5 Å². The summed E-state index contributed by atoms with van der Waals surface area (Å²) in [4.78, 5) is 15.2. The lowest BCUT2D eigenvalue weighted by molar-refractivity contribution is 0.0117. The predicted molar refractivity (Wildman–Crippen MR) is 111 cm³/mol. The third-order valence-electron chi connectivity index (χ3n) is 5.39. The Hall–Kier alpha value is -2.83. The molecule has 4 rings (SSSR count). The van der Waals surface area contributed by atoms with Crippen molar-refractivity contribution in [2.45, 2.75) is 19.9 Å². The summed E-state index contributed by atoms with van der Waals surface area (Å²) in [5.41, 5.74) is 2.78. The van der Waals surface area contributed by atoms with Gasteiger partial charge in [0, 0.05) is 43.3 Å². The Balaban J connectivity index is 1.50. The van der Waals surface area contributed by atoms with E-state index in [9.17, 15) is 4.79 Å². The van der Waals surface area contributed by atoms with Crippen molar-refractivity contribution in [3.63, 3.8) is 0 Å². The number of hydrogen-bond acceptors (Lipinski definition) is 4. The number of furan rings is 1. The number of carbonyl (C=O) groups is 1. The van der Waals surface area contributed by atoms with E-state index < -0.39 is 0 Å². The molecule has 1 saturated heterocycles. The molecular formula is C23H27N3O3. The molecule has 0 bridgehead atoms. The lowest BCUT2D eigenvalue weighted by Crippen LogP contribution is -2.43. The van der Waals surface area contributed by atoms with E-state index in [1.54, 1.807) is 0 Å². The standard InChI is InChI=1S/C23H27N3O3/c1-17-5-7-19(15-20(17)25-9-3-4-10-25)23(27)24-16-21(22-8-6-18(2)29-22)26-11-13-28-14-12-26/h3-10,15,21H,11-14,16H2,1-2H3,(H,24,27). The molecule has 0 aliphatic carbocycles. The lowest BCUT2D eigenvalue weighted by atomic mass is 10.1. The fourth-order valence-electron chi connectivity index (χ4n) is 3.75. The molecule has 1 aliphatic rings. The third-order valence-corrected chi connectivity index (χ3v) is 5.39. The summed E-state index contributed by atoms with van der Waals surface area (Å²) < 4.78 is 13.4. The van der Waals surface area contributed by atoms with Crippen molar-refractivity contribution in [2.24, 2.45) is 0 Å². The number of amides is 1. The number of nitrogens with zero attached hydrogens (tertiary/aromatic N) is 2. The smallest absolute Gasteiger partial charge is 0.251 e. The van der Waals surface area contributed by atoms with Crippen LogP contribution in [0.15, 0.2) is 59.3 Å². The zero-order valence-corrected chi connectivity index (χ0v) is 16.9. The zero-order valence-electron chi connectivity index (χ0n) is 16.9. The van der Waals surface area contributed by atoms with Crippen LogP contribution in [0.25, 0.3) is 5.69 Å². The van der Waals surface area contributed by atoms with Gasteiger partial charge < -0.3 is 19.0 Å². The predicted octanol–water partition coefficient (Wildman–Crippen LogP) is 3.49. The minimum atomic E-state index is -0.0834. The van der Waals surface area contributed by atoms with Crippen LogP contribution in [-0.2, 0) is 4.74 Å². The van der Waals surface area contributed by atoms with Gasteiger partial charge in [0.25, 0.3) is 5.91 Å². The number of nitrogens with one attached hydrogen (secondary N) is 1. The summed E-state index contributed by atoms with van der Waals surface area (Å²) >= 11 is 0. The molecule has 3 aromatic rings. The number of benzene rings is 1. The van der Waals surface area contributed by atoms with E-state index in [1.807, 2.05) is 73.3 Å². The van der Waals surface area contributed by atoms with Crippen LogP contribution in [0.4, 0.5) is 0 Å². The van der Waals surface area contributed by atoms with Gasteiger partial charge in [-0.25, -0.2) is 0 Å². The highest BCUT2D eigenvalue weighted by molar-refractivity contribution is 5.94. The molecule has 6 heteroatoms. The summed E-state index contributed by atoms with van der Waals surface area (Å²) in [5.74, 6) is 1.67. The highest BCUT2D eigenvalue weighted by Crippen LogP contribution is 2.24. The molecule has 0 radical (unpaired) electrons. The summed E-state index contributed by atoms with van der Waals surface area (Å²) in [5, 5.41) is 3.11. The fraction of sp³-hybridized carbons (Fsp3) is 0.348. The average Bonchev–Trinajstić information content (AvgIpc) is 3.41. The van der Waals surface area contributed by atoms with Crippen LogP contribution in [0, 0.1) is 13.8 Å². The maximum Gasteiger partial charge on any atom is 0.251 e. The first-order chi connectivity index (χ1) is 14.1. The molecule has 1 atom stereocenters. The SMILES string of the molecule is Cc1ccc(C(CNC(=O)c2ccc(C)c(-n3cccc3)c2)N2CCOCC2)o1. The maximum absolute atomic E-state index is 12.9. The number of aryl methyl sites for hydroxylation is 2. The first-order valence-corrected chi connectivity index (χ1v) is 10.0. The minimum Gasteiger partial charge on any atom is -0.465 e. The second-order valence-electron chi connectivity index (χ2n) is 7.41. The molecular weight excluding hydrogens is 366 g/mol. The number of hydrogen-bond donors (Lipinski definition) is 1. The zero-order chi connectivity index (χ0) is 20.2. The minimum absolute atomic E-state index is 0.00841. The number of aromatic nitrogens is 1. The van der Waals surface area contributed by atoms with Gasteiger partial charge in [0.1, 0.15) is 11.5 Å². The third kappa shape index (κ3) is 4.44. The normalized spacial score (nSPS) is 15.9. The molecule has 1 aromatic carbocycles. The van der Waals surface area contributed by atoms with Crippen LogP contribution >= 0.6 is 0 Å². The van der Waals surface area contributed by atoms with Crippen LogP contribution in [-0.4, -0.2) is 48.2 Å². The number of ether oxygens (including phenoxy) is 1. The van der Waals surface area contributed by atoms with Crippen LogP contribution < -0.4 is 5.32 Å². The first-order valence-electron chi connectivity index (χ1n) is 10.0. The largest absolute Gasteiger partial charge is 0.465 e. The van der Waals surface area contributed by atoms with Gasteiger partial charge in [-0.2, -0.15) is 0 Å². The van der Waals surface area contributed by atoms with Gasteiger partial charge in [-0.15, -0.1) is 0 Å². The van der Waals surface area contributed by atoms with E-state index in [4.69, 9.17) is 9.15 Å². The highest BCUT2D eigenvalue weighted by atomic mass is 16.5. The summed E-state index contributed by atoms with van der Waals surface area (Å²) in [7, 11) is 0. The van der Waals surface area contributed by atoms with Gasteiger partial charge in [0.15, 0.2) is 0 Å². The van der Waals surface area contributed by atoms with E-state index >= 15 is 0 Å². The Morgan fingerprint density at radius 3 is 2.55 bits per heavy atom. The van der Waals surface area contributed by atoms with Crippen molar-refractivity contribution < 1.29 is 13.9 Å². The van der Waals surface area contributed by atoms with Gasteiger partial charge in [-0.05, 0) is 55.8 Å². The van der Waals surface area contributed by atoms with Gasteiger partial charge in [0.2, 0.25) is 0 Å². The van der Waals surface area contributed by atoms with Gasteiger partial charge >= 0.3 is 0 Å². The molecule has 0 spiro atoms. The molecule has 1 N–H and O–H groups in total. The van der Waals surface area contributed by atoms with Crippen molar-refractivity contribution >= 4 is 5.91 Å². The monoisotopic (exact) mass is 393 g/mol. The molecule has 2 aromatic heterocycles. The molecule has 0 saturated carbocycles. The Bertz CT molecular complexity index is 956. The van der Waals surface area contributed by atoms with E-state index in [2.05, 4.69) is 10.2 Å². The number of morpholine rings is 1. The molecule has 1 fully saturated rings. The van der Waals surface area contributed by atoms with Crippen molar-refractivity contribution in [1.82, 2.24) is 14.8 Å². The topological polar surface area (TPSA) is 59.6 Å². The summed E-state index contributed by atoms with van der Waals surface area (Å²) in [6, 6.07) is 13.7. The molecule has 1 unspecified atom stereocenters. The van der Waals surface area contributed by atoms with Gasteiger partial charge in [-0.3, -0.25) is 9.69 Å². The average molecular weight is 393 g/mol. The van der Waals surface area contributed by atoms with E-state index in [0.717, 1.165) is 35.9 Å². The molecule has 6 nitrogen and oxygen atoms in total. The van der Waals surface area contributed by atoms with E-state index in [1.165, 1.54) is 0 Å². The van der Waals surface area contributed by atoms with Crippen molar-refractivity contribution in [1.29, 1.82) is 0 Å². The highest BCUT2D eigenvalue weighted by Gasteiger charge is 2.26. The Morgan fingerprint density at radius 1 is 1.10 bits per heavy atom. The van der Waals surface area contributed by atoms with Crippen LogP contribution in [0.3, 0.4) is 0 Å². The van der Waals surface area contributed by atoms with Crippen molar-refractivity contribution in [2.75, 3.05) is 32.8 Å². The Labute approximate surface area is 171 Å².